The lowest BCUT2D eigenvalue weighted by Gasteiger charge is -2.08. The molecule has 0 radical (unpaired) electrons. The third-order valence-electron chi connectivity index (χ3n) is 2.88. The molecule has 21 heavy (non-hydrogen) atoms. The van der Waals surface area contributed by atoms with E-state index in [4.69, 9.17) is 15.0 Å². The summed E-state index contributed by atoms with van der Waals surface area (Å²) in [5.74, 6) is 0.484. The van der Waals surface area contributed by atoms with Crippen LogP contribution in [0.25, 0.3) is 0 Å². The highest BCUT2D eigenvalue weighted by Gasteiger charge is 2.16. The molecule has 7 nitrogen and oxygen atoms in total. The smallest absolute Gasteiger partial charge is 0.290 e. The fourth-order valence-corrected chi connectivity index (χ4v) is 2.45. The average Bonchev–Trinajstić information content (AvgIpc) is 2.46. The molecule has 1 aromatic carbocycles. The van der Waals surface area contributed by atoms with Gasteiger partial charge >= 0.3 is 0 Å². The SMILES string of the molecule is COc1cc(N=NC2=CCCC(S(=O)(=O)O)=C2)ccc1N. The Hall–Kier alpha value is -2.19. The zero-order valence-corrected chi connectivity index (χ0v) is 12.2. The summed E-state index contributed by atoms with van der Waals surface area (Å²) in [5.41, 5.74) is 7.08. The van der Waals surface area contributed by atoms with E-state index in [2.05, 4.69) is 10.2 Å². The van der Waals surface area contributed by atoms with Crippen LogP contribution < -0.4 is 10.5 Å². The first-order valence-corrected chi connectivity index (χ1v) is 7.57. The van der Waals surface area contributed by atoms with Gasteiger partial charge in [0.2, 0.25) is 0 Å². The number of nitrogen functional groups attached to an aromatic ring is 1. The quantitative estimate of drug-likeness (QED) is 0.504. The summed E-state index contributed by atoms with van der Waals surface area (Å²) < 4.78 is 36.3. The fourth-order valence-electron chi connectivity index (χ4n) is 1.81. The van der Waals surface area contributed by atoms with E-state index in [1.165, 1.54) is 13.2 Å². The molecule has 0 spiro atoms. The molecule has 3 N–H and O–H groups in total. The molecule has 1 aliphatic rings. The molecular weight excluding hydrogens is 294 g/mol. The molecule has 0 heterocycles. The van der Waals surface area contributed by atoms with Crippen LogP contribution in [0.2, 0.25) is 0 Å². The predicted octanol–water partition coefficient (Wildman–Crippen LogP) is 2.81. The monoisotopic (exact) mass is 309 g/mol. The molecule has 0 aliphatic heterocycles. The van der Waals surface area contributed by atoms with Crippen molar-refractivity contribution in [3.63, 3.8) is 0 Å². The van der Waals surface area contributed by atoms with Gasteiger partial charge in [0.15, 0.2) is 0 Å². The number of methoxy groups -OCH3 is 1. The Morgan fingerprint density at radius 1 is 1.33 bits per heavy atom. The Morgan fingerprint density at radius 3 is 2.76 bits per heavy atom. The molecule has 1 aromatic rings. The number of azo groups is 1. The number of nitrogens with zero attached hydrogens (tertiary/aromatic N) is 2. The number of rotatable bonds is 4. The number of hydrogen-bond acceptors (Lipinski definition) is 6. The third kappa shape index (κ3) is 3.89. The van der Waals surface area contributed by atoms with Crippen molar-refractivity contribution in [2.24, 2.45) is 10.2 Å². The van der Waals surface area contributed by atoms with E-state index in [-0.39, 0.29) is 11.3 Å². The Kier molecular flexibility index (Phi) is 4.39. The molecule has 1 aliphatic carbocycles. The van der Waals surface area contributed by atoms with Gasteiger partial charge in [-0.25, -0.2) is 0 Å². The van der Waals surface area contributed by atoms with Crippen molar-refractivity contribution in [2.45, 2.75) is 12.8 Å². The first-order valence-electron chi connectivity index (χ1n) is 6.13. The van der Waals surface area contributed by atoms with Crippen molar-refractivity contribution in [1.29, 1.82) is 0 Å². The molecule has 0 amide bonds. The summed E-state index contributed by atoms with van der Waals surface area (Å²) in [7, 11) is -2.68. The van der Waals surface area contributed by atoms with Crippen LogP contribution in [-0.4, -0.2) is 20.1 Å². The van der Waals surface area contributed by atoms with Crippen LogP contribution in [0.5, 0.6) is 5.75 Å². The van der Waals surface area contributed by atoms with Gasteiger partial charge in [-0.05, 0) is 31.1 Å². The molecule has 112 valence electrons. The van der Waals surface area contributed by atoms with Crippen LogP contribution in [0.1, 0.15) is 12.8 Å². The second-order valence-corrected chi connectivity index (χ2v) is 5.85. The van der Waals surface area contributed by atoms with Crippen LogP contribution in [-0.2, 0) is 10.1 Å². The molecule has 0 fully saturated rings. The van der Waals surface area contributed by atoms with E-state index in [1.54, 1.807) is 24.3 Å². The van der Waals surface area contributed by atoms with E-state index in [0.29, 0.717) is 29.2 Å². The first-order chi connectivity index (χ1) is 9.90. The van der Waals surface area contributed by atoms with Crippen molar-refractivity contribution < 1.29 is 17.7 Å². The van der Waals surface area contributed by atoms with Gasteiger partial charge in [-0.1, -0.05) is 6.08 Å². The Balaban J connectivity index is 2.22. The minimum atomic E-state index is -4.18. The van der Waals surface area contributed by atoms with Gasteiger partial charge < -0.3 is 10.5 Å². The summed E-state index contributed by atoms with van der Waals surface area (Å²) in [6.07, 6.45) is 3.78. The Labute approximate surface area is 122 Å². The largest absolute Gasteiger partial charge is 0.495 e. The van der Waals surface area contributed by atoms with E-state index < -0.39 is 10.1 Å². The second kappa shape index (κ2) is 6.06. The summed E-state index contributed by atoms with van der Waals surface area (Å²) >= 11 is 0. The fraction of sp³-hybridized carbons (Fsp3) is 0.231. The normalized spacial score (nSPS) is 15.7. The highest BCUT2D eigenvalue weighted by Crippen LogP contribution is 2.28. The molecule has 0 unspecified atom stereocenters. The van der Waals surface area contributed by atoms with E-state index in [0.717, 1.165) is 0 Å². The van der Waals surface area contributed by atoms with Crippen LogP contribution in [0.4, 0.5) is 11.4 Å². The Bertz CT molecular complexity index is 736. The van der Waals surface area contributed by atoms with Crippen LogP contribution in [0.3, 0.4) is 0 Å². The van der Waals surface area contributed by atoms with E-state index in [9.17, 15) is 8.42 Å². The maximum atomic E-state index is 11.1. The summed E-state index contributed by atoms with van der Waals surface area (Å²) in [6, 6.07) is 4.93. The van der Waals surface area contributed by atoms with Crippen molar-refractivity contribution in [3.8, 4) is 5.75 Å². The number of benzene rings is 1. The standard InChI is InChI=1S/C13H15N3O4S/c1-20-13-8-10(5-6-12(13)14)16-15-9-3-2-4-11(7-9)21(17,18)19/h3,5-8H,2,4,14H2,1H3,(H,17,18,19). The molecule has 0 aromatic heterocycles. The second-order valence-electron chi connectivity index (χ2n) is 4.38. The summed E-state index contributed by atoms with van der Waals surface area (Å²) in [4.78, 5) is -0.0613. The predicted molar refractivity (Wildman–Crippen MR) is 78.9 cm³/mol. The molecular formula is C13H15N3O4S. The van der Waals surface area contributed by atoms with E-state index >= 15 is 0 Å². The highest BCUT2D eigenvalue weighted by atomic mass is 32.2. The van der Waals surface area contributed by atoms with Crippen molar-refractivity contribution in [3.05, 3.63) is 41.0 Å². The van der Waals surface area contributed by atoms with Gasteiger partial charge in [0, 0.05) is 6.07 Å². The zero-order chi connectivity index (χ0) is 15.5. The van der Waals surface area contributed by atoms with Gasteiger partial charge in [-0.3, -0.25) is 4.55 Å². The van der Waals surface area contributed by atoms with Gasteiger partial charge in [0.05, 0.1) is 29.1 Å². The maximum Gasteiger partial charge on any atom is 0.290 e. The number of ether oxygens (including phenoxy) is 1. The molecule has 0 bridgehead atoms. The molecule has 8 heteroatoms. The average molecular weight is 309 g/mol. The lowest BCUT2D eigenvalue weighted by molar-refractivity contribution is 0.417. The number of anilines is 1. The number of hydrogen-bond donors (Lipinski definition) is 2. The first kappa shape index (κ1) is 15.2. The van der Waals surface area contributed by atoms with Crippen molar-refractivity contribution in [2.75, 3.05) is 12.8 Å². The van der Waals surface area contributed by atoms with Gasteiger partial charge in [0.25, 0.3) is 10.1 Å². The van der Waals surface area contributed by atoms with Crippen LogP contribution in [0.15, 0.2) is 51.2 Å². The van der Waals surface area contributed by atoms with Gasteiger partial charge in [-0.15, -0.1) is 0 Å². The number of allylic oxidation sites excluding steroid dienone is 3. The lowest BCUT2D eigenvalue weighted by Crippen LogP contribution is -2.04. The highest BCUT2D eigenvalue weighted by molar-refractivity contribution is 7.89. The summed E-state index contributed by atoms with van der Waals surface area (Å²) in [5, 5.41) is 7.96. The van der Waals surface area contributed by atoms with E-state index in [1.807, 2.05) is 0 Å². The van der Waals surface area contributed by atoms with Crippen LogP contribution >= 0.6 is 0 Å². The van der Waals surface area contributed by atoms with Crippen molar-refractivity contribution in [1.82, 2.24) is 0 Å². The van der Waals surface area contributed by atoms with Crippen LogP contribution in [0, 0.1) is 0 Å². The Morgan fingerprint density at radius 2 is 2.10 bits per heavy atom. The molecule has 0 saturated heterocycles. The topological polar surface area (TPSA) is 114 Å². The zero-order valence-electron chi connectivity index (χ0n) is 11.4. The maximum absolute atomic E-state index is 11.1. The summed E-state index contributed by atoms with van der Waals surface area (Å²) in [6.45, 7) is 0. The molecule has 2 rings (SSSR count). The van der Waals surface area contributed by atoms with Crippen molar-refractivity contribution >= 4 is 21.5 Å². The number of nitrogens with two attached hydrogens (primary N) is 1. The third-order valence-corrected chi connectivity index (χ3v) is 3.87. The molecule has 0 saturated carbocycles. The minimum Gasteiger partial charge on any atom is -0.495 e. The van der Waals surface area contributed by atoms with Gasteiger partial charge in [0.1, 0.15) is 5.75 Å². The minimum absolute atomic E-state index is 0.0613. The molecule has 0 atom stereocenters. The van der Waals surface area contributed by atoms with Gasteiger partial charge in [-0.2, -0.15) is 18.6 Å². The lowest BCUT2D eigenvalue weighted by atomic mass is 10.1.